The summed E-state index contributed by atoms with van der Waals surface area (Å²) in [5.41, 5.74) is -0.0359. The lowest BCUT2D eigenvalue weighted by molar-refractivity contribution is -0.253. The predicted octanol–water partition coefficient (Wildman–Crippen LogP) is 5.12. The number of nitrogens with zero attached hydrogens (tertiary/aromatic N) is 1. The van der Waals surface area contributed by atoms with Gasteiger partial charge in [-0.15, -0.1) is 0 Å². The highest BCUT2D eigenvalue weighted by atomic mass is 19.4. The maximum absolute atomic E-state index is 13.3. The molecule has 11 heteroatoms. The first kappa shape index (κ1) is 25.7. The summed E-state index contributed by atoms with van der Waals surface area (Å²) in [6.45, 7) is -1.06. The second-order valence-electron chi connectivity index (χ2n) is 6.88. The van der Waals surface area contributed by atoms with Crippen LogP contribution in [0.4, 0.5) is 30.7 Å². The molecule has 2 aromatic carbocycles. The number of alkyl halides is 7. The smallest absolute Gasteiger partial charge is 0.461 e. The van der Waals surface area contributed by atoms with E-state index >= 15 is 0 Å². The Morgan fingerprint density at radius 2 is 1.53 bits per heavy atom. The number of rotatable bonds is 12. The van der Waals surface area contributed by atoms with Crippen LogP contribution in [0.2, 0.25) is 0 Å². The van der Waals surface area contributed by atoms with E-state index in [-0.39, 0.29) is 31.7 Å². The highest BCUT2D eigenvalue weighted by Gasteiger charge is 2.44. The van der Waals surface area contributed by atoms with Crippen LogP contribution in [-0.4, -0.2) is 54.5 Å². The molecule has 0 spiro atoms. The number of ether oxygens (including phenoxy) is 2. The number of benzene rings is 2. The quantitative estimate of drug-likeness (QED) is 0.346. The molecule has 4 nitrogen and oxygen atoms in total. The highest BCUT2D eigenvalue weighted by molar-refractivity contribution is 5.33. The average Bonchev–Trinajstić information content (AvgIpc) is 2.72. The maximum atomic E-state index is 13.3. The van der Waals surface area contributed by atoms with E-state index in [2.05, 4.69) is 4.74 Å². The van der Waals surface area contributed by atoms with E-state index in [0.717, 1.165) is 11.0 Å². The first-order valence-electron chi connectivity index (χ1n) is 9.57. The number of hydrogen-bond donors (Lipinski definition) is 1. The van der Waals surface area contributed by atoms with Gasteiger partial charge in [0.05, 0.1) is 6.61 Å². The van der Waals surface area contributed by atoms with Gasteiger partial charge < -0.3 is 14.6 Å². The normalized spacial score (nSPS) is 13.4. The molecule has 0 aliphatic heterocycles. The minimum absolute atomic E-state index is 0.000448. The molecule has 0 heterocycles. The number of hydrogen-bond acceptors (Lipinski definition) is 4. The van der Waals surface area contributed by atoms with Crippen LogP contribution in [0.25, 0.3) is 0 Å². The average molecular weight is 469 g/mol. The fourth-order valence-corrected chi connectivity index (χ4v) is 2.74. The van der Waals surface area contributed by atoms with Gasteiger partial charge in [0, 0.05) is 25.2 Å². The molecule has 0 aliphatic carbocycles. The van der Waals surface area contributed by atoms with Gasteiger partial charge in [-0.2, -0.15) is 30.7 Å². The minimum Gasteiger partial charge on any atom is -0.494 e. The number of aliphatic hydroxyl groups excluding tert-OH is 1. The highest BCUT2D eigenvalue weighted by Crippen LogP contribution is 2.31. The van der Waals surface area contributed by atoms with Crippen LogP contribution in [0.15, 0.2) is 54.6 Å². The van der Waals surface area contributed by atoms with Gasteiger partial charge >= 0.3 is 18.7 Å². The van der Waals surface area contributed by atoms with Gasteiger partial charge in [-0.3, -0.25) is 4.90 Å². The van der Waals surface area contributed by atoms with Crippen LogP contribution in [-0.2, 0) is 6.54 Å². The molecule has 2 aromatic rings. The first-order valence-corrected chi connectivity index (χ1v) is 9.57. The lowest BCUT2D eigenvalue weighted by atomic mass is 10.1. The van der Waals surface area contributed by atoms with Gasteiger partial charge in [-0.05, 0) is 24.6 Å². The standard InChI is InChI=1S/C21H22F7NO3/c22-19(23)21(27,28)32-17-10-5-4-7-15(17)13-29(14-18(30)20(24,25)26)11-6-12-31-16-8-2-1-3-9-16/h1-5,7-10,18-19,30H,6,11-14H2. The second-order valence-corrected chi connectivity index (χ2v) is 6.88. The van der Waals surface area contributed by atoms with Crippen molar-refractivity contribution in [3.63, 3.8) is 0 Å². The molecule has 32 heavy (non-hydrogen) atoms. The Morgan fingerprint density at radius 1 is 0.906 bits per heavy atom. The zero-order chi connectivity index (χ0) is 23.8. The molecule has 1 atom stereocenters. The van der Waals surface area contributed by atoms with E-state index < -0.39 is 37.1 Å². The molecule has 2 rings (SSSR count). The zero-order valence-corrected chi connectivity index (χ0v) is 16.7. The largest absolute Gasteiger partial charge is 0.494 e. The Balaban J connectivity index is 2.08. The van der Waals surface area contributed by atoms with Crippen LogP contribution >= 0.6 is 0 Å². The Labute approximate surface area is 180 Å². The SMILES string of the molecule is OC(CN(CCCOc1ccccc1)Cc1ccccc1OC(F)(F)C(F)F)C(F)(F)F. The van der Waals surface area contributed by atoms with Crippen molar-refractivity contribution in [2.45, 2.75) is 37.8 Å². The summed E-state index contributed by atoms with van der Waals surface area (Å²) in [6, 6.07) is 13.6. The van der Waals surface area contributed by atoms with Crippen molar-refractivity contribution in [3.8, 4) is 11.5 Å². The van der Waals surface area contributed by atoms with Gasteiger partial charge in [-0.25, -0.2) is 0 Å². The second kappa shape index (κ2) is 11.4. The van der Waals surface area contributed by atoms with Crippen molar-refractivity contribution in [3.05, 3.63) is 60.2 Å². The van der Waals surface area contributed by atoms with Gasteiger partial charge in [0.1, 0.15) is 11.5 Å². The summed E-state index contributed by atoms with van der Waals surface area (Å²) >= 11 is 0. The van der Waals surface area contributed by atoms with E-state index in [1.54, 1.807) is 30.3 Å². The molecular formula is C21H22F7NO3. The topological polar surface area (TPSA) is 41.9 Å². The summed E-state index contributed by atoms with van der Waals surface area (Å²) in [7, 11) is 0. The molecular weight excluding hydrogens is 447 g/mol. The number of halogens is 7. The monoisotopic (exact) mass is 469 g/mol. The maximum Gasteiger partial charge on any atom is 0.461 e. The van der Waals surface area contributed by atoms with Crippen LogP contribution in [0, 0.1) is 0 Å². The molecule has 178 valence electrons. The third kappa shape index (κ3) is 8.19. The van der Waals surface area contributed by atoms with Gasteiger partial charge in [0.2, 0.25) is 0 Å². The fourth-order valence-electron chi connectivity index (χ4n) is 2.74. The molecule has 0 fully saturated rings. The van der Waals surface area contributed by atoms with Gasteiger partial charge in [0.15, 0.2) is 6.10 Å². The molecule has 0 radical (unpaired) electrons. The zero-order valence-electron chi connectivity index (χ0n) is 16.7. The van der Waals surface area contributed by atoms with E-state index in [9.17, 15) is 35.8 Å². The van der Waals surface area contributed by atoms with Crippen molar-refractivity contribution >= 4 is 0 Å². The van der Waals surface area contributed by atoms with Crippen molar-refractivity contribution in [2.24, 2.45) is 0 Å². The third-order valence-electron chi connectivity index (χ3n) is 4.31. The third-order valence-corrected chi connectivity index (χ3v) is 4.31. The molecule has 0 saturated carbocycles. The van der Waals surface area contributed by atoms with Gasteiger partial charge in [0.25, 0.3) is 0 Å². The summed E-state index contributed by atoms with van der Waals surface area (Å²) < 4.78 is 99.8. The van der Waals surface area contributed by atoms with E-state index in [1.165, 1.54) is 18.2 Å². The van der Waals surface area contributed by atoms with Crippen molar-refractivity contribution in [2.75, 3.05) is 19.7 Å². The summed E-state index contributed by atoms with van der Waals surface area (Å²) in [5, 5.41) is 9.45. The van der Waals surface area contributed by atoms with Crippen molar-refractivity contribution < 1.29 is 45.3 Å². The Bertz CT molecular complexity index is 819. The molecule has 0 aromatic heterocycles. The van der Waals surface area contributed by atoms with Crippen LogP contribution in [0.1, 0.15) is 12.0 Å². The Kier molecular flexibility index (Phi) is 9.14. The fraction of sp³-hybridized carbons (Fsp3) is 0.429. The van der Waals surface area contributed by atoms with E-state index in [0.29, 0.717) is 5.75 Å². The molecule has 1 N–H and O–H groups in total. The van der Waals surface area contributed by atoms with Crippen LogP contribution < -0.4 is 9.47 Å². The Hall–Kier alpha value is -2.53. The van der Waals surface area contributed by atoms with E-state index in [4.69, 9.17) is 4.74 Å². The molecule has 0 aliphatic rings. The lowest BCUT2D eigenvalue weighted by Gasteiger charge is -2.27. The van der Waals surface area contributed by atoms with E-state index in [1.807, 2.05) is 0 Å². The first-order chi connectivity index (χ1) is 15.0. The molecule has 0 saturated heterocycles. The van der Waals surface area contributed by atoms with Crippen molar-refractivity contribution in [1.29, 1.82) is 0 Å². The van der Waals surface area contributed by atoms with Crippen molar-refractivity contribution in [1.82, 2.24) is 4.90 Å². The molecule has 1 unspecified atom stereocenters. The van der Waals surface area contributed by atoms with Crippen LogP contribution in [0.3, 0.4) is 0 Å². The Morgan fingerprint density at radius 3 is 2.16 bits per heavy atom. The number of para-hydroxylation sites is 2. The number of aliphatic hydroxyl groups is 1. The summed E-state index contributed by atoms with van der Waals surface area (Å²) in [6.07, 6.45) is -16.2. The summed E-state index contributed by atoms with van der Waals surface area (Å²) in [4.78, 5) is 1.16. The lowest BCUT2D eigenvalue weighted by Crippen LogP contribution is -2.41. The predicted molar refractivity (Wildman–Crippen MR) is 102 cm³/mol. The minimum atomic E-state index is -4.89. The molecule has 0 amide bonds. The van der Waals surface area contributed by atoms with Gasteiger partial charge in [-0.1, -0.05) is 36.4 Å². The van der Waals surface area contributed by atoms with Crippen LogP contribution in [0.5, 0.6) is 11.5 Å². The molecule has 0 bridgehead atoms. The summed E-state index contributed by atoms with van der Waals surface area (Å²) in [5.74, 6) is -0.0350.